The van der Waals surface area contributed by atoms with Gasteiger partial charge in [0.25, 0.3) is 0 Å². The monoisotopic (exact) mass is 288 g/mol. The van der Waals surface area contributed by atoms with E-state index in [1.165, 1.54) is 6.07 Å². The highest BCUT2D eigenvalue weighted by molar-refractivity contribution is 9.10. The number of nitrogens with zero attached hydrogens (tertiary/aromatic N) is 1. The number of hydrogen-bond acceptors (Lipinski definition) is 3. The number of ether oxygens (including phenoxy) is 1. The van der Waals surface area contributed by atoms with Crippen molar-refractivity contribution in [1.82, 2.24) is 4.98 Å². The molecule has 1 saturated heterocycles. The van der Waals surface area contributed by atoms with Gasteiger partial charge in [0.1, 0.15) is 0 Å². The van der Waals surface area contributed by atoms with Crippen molar-refractivity contribution >= 4 is 21.7 Å². The molecule has 0 bridgehead atoms. The average Bonchev–Trinajstić information content (AvgIpc) is 2.29. The molecule has 0 saturated carbocycles. The number of hydrogen-bond donors (Lipinski definition) is 1. The molecule has 0 aliphatic carbocycles. The molecule has 5 heteroatoms. The van der Waals surface area contributed by atoms with Gasteiger partial charge in [-0.25, -0.2) is 9.37 Å². The maximum atomic E-state index is 13.4. The Morgan fingerprint density at radius 3 is 2.94 bits per heavy atom. The van der Waals surface area contributed by atoms with E-state index < -0.39 is 0 Å². The van der Waals surface area contributed by atoms with Gasteiger partial charge in [-0.15, -0.1) is 0 Å². The lowest BCUT2D eigenvalue weighted by Crippen LogP contribution is -2.23. The summed E-state index contributed by atoms with van der Waals surface area (Å²) in [7, 11) is 0. The normalized spacial score (nSPS) is 17.4. The Bertz CT molecular complexity index is 356. The van der Waals surface area contributed by atoms with Crippen LogP contribution >= 0.6 is 15.9 Å². The minimum atomic E-state index is -0.318. The Morgan fingerprint density at radius 1 is 1.50 bits per heavy atom. The zero-order chi connectivity index (χ0) is 11.4. The van der Waals surface area contributed by atoms with Gasteiger partial charge in [0.2, 0.25) is 0 Å². The van der Waals surface area contributed by atoms with Crippen molar-refractivity contribution in [3.63, 3.8) is 0 Å². The number of halogens is 2. The topological polar surface area (TPSA) is 34.2 Å². The third kappa shape index (κ3) is 3.15. The van der Waals surface area contributed by atoms with Crippen LogP contribution in [0.1, 0.15) is 12.8 Å². The average molecular weight is 289 g/mol. The molecule has 0 spiro atoms. The summed E-state index contributed by atoms with van der Waals surface area (Å²) < 4.78 is 19.3. The molecule has 0 aromatic carbocycles. The van der Waals surface area contributed by atoms with Crippen LogP contribution < -0.4 is 5.32 Å². The number of rotatable bonds is 3. The van der Waals surface area contributed by atoms with E-state index in [9.17, 15) is 4.39 Å². The second-order valence-electron chi connectivity index (χ2n) is 3.92. The molecule has 0 amide bonds. The first-order chi connectivity index (χ1) is 7.75. The third-order valence-electron chi connectivity index (χ3n) is 2.71. The van der Waals surface area contributed by atoms with Gasteiger partial charge < -0.3 is 10.1 Å². The van der Waals surface area contributed by atoms with Crippen molar-refractivity contribution in [2.24, 2.45) is 5.92 Å². The van der Waals surface area contributed by atoms with Crippen molar-refractivity contribution < 1.29 is 9.13 Å². The lowest BCUT2D eigenvalue weighted by Gasteiger charge is -2.22. The summed E-state index contributed by atoms with van der Waals surface area (Å²) >= 11 is 3.18. The summed E-state index contributed by atoms with van der Waals surface area (Å²) in [6, 6.07) is 1.42. The largest absolute Gasteiger partial charge is 0.381 e. The molecule has 1 aliphatic rings. The predicted molar refractivity (Wildman–Crippen MR) is 63.9 cm³/mol. The Morgan fingerprint density at radius 2 is 2.25 bits per heavy atom. The molecule has 1 N–H and O–H groups in total. The van der Waals surface area contributed by atoms with E-state index in [-0.39, 0.29) is 5.82 Å². The second-order valence-corrected chi connectivity index (χ2v) is 4.84. The van der Waals surface area contributed by atoms with Crippen LogP contribution in [-0.2, 0) is 4.74 Å². The van der Waals surface area contributed by atoms with Gasteiger partial charge in [0, 0.05) is 30.4 Å². The van der Waals surface area contributed by atoms with E-state index in [1.54, 1.807) is 6.20 Å². The molecule has 2 rings (SSSR count). The van der Waals surface area contributed by atoms with Crippen LogP contribution in [0.4, 0.5) is 10.2 Å². The third-order valence-corrected chi connectivity index (χ3v) is 3.14. The summed E-state index contributed by atoms with van der Waals surface area (Å²) in [5, 5.41) is 3.05. The van der Waals surface area contributed by atoms with Gasteiger partial charge in [0.15, 0.2) is 11.6 Å². The van der Waals surface area contributed by atoms with Crippen LogP contribution in [-0.4, -0.2) is 24.7 Å². The molecule has 3 nitrogen and oxygen atoms in total. The van der Waals surface area contributed by atoms with Crippen molar-refractivity contribution in [3.8, 4) is 0 Å². The summed E-state index contributed by atoms with van der Waals surface area (Å²) in [6.45, 7) is 2.38. The van der Waals surface area contributed by atoms with Crippen LogP contribution in [0.15, 0.2) is 16.7 Å². The first kappa shape index (κ1) is 11.8. The van der Waals surface area contributed by atoms with Gasteiger partial charge in [-0.05, 0) is 40.8 Å². The second kappa shape index (κ2) is 5.59. The van der Waals surface area contributed by atoms with E-state index in [0.717, 1.165) is 32.6 Å². The van der Waals surface area contributed by atoms with Crippen LogP contribution in [0.25, 0.3) is 0 Å². The first-order valence-electron chi connectivity index (χ1n) is 5.38. The molecular formula is C11H14BrFN2O. The minimum Gasteiger partial charge on any atom is -0.381 e. The standard InChI is InChI=1S/C11H14BrFN2O/c12-9-5-10(13)11(15-7-9)14-6-8-1-3-16-4-2-8/h5,7-8H,1-4,6H2,(H,14,15). The van der Waals surface area contributed by atoms with E-state index >= 15 is 0 Å². The maximum Gasteiger partial charge on any atom is 0.166 e. The molecule has 0 atom stereocenters. The van der Waals surface area contributed by atoms with E-state index in [4.69, 9.17) is 4.74 Å². The van der Waals surface area contributed by atoms with Gasteiger partial charge in [0.05, 0.1) is 0 Å². The lowest BCUT2D eigenvalue weighted by molar-refractivity contribution is 0.0699. The Hall–Kier alpha value is -0.680. The fraction of sp³-hybridized carbons (Fsp3) is 0.545. The van der Waals surface area contributed by atoms with Gasteiger partial charge in [-0.2, -0.15) is 0 Å². The molecule has 0 radical (unpaired) electrons. The number of nitrogens with one attached hydrogen (secondary N) is 1. The lowest BCUT2D eigenvalue weighted by atomic mass is 10.0. The van der Waals surface area contributed by atoms with E-state index in [2.05, 4.69) is 26.2 Å². The number of anilines is 1. The fourth-order valence-corrected chi connectivity index (χ4v) is 2.04. The Kier molecular flexibility index (Phi) is 4.12. The predicted octanol–water partition coefficient (Wildman–Crippen LogP) is 2.82. The van der Waals surface area contributed by atoms with Crippen LogP contribution in [0.5, 0.6) is 0 Å². The zero-order valence-corrected chi connectivity index (χ0v) is 10.5. The Balaban J connectivity index is 1.88. The number of aromatic nitrogens is 1. The van der Waals surface area contributed by atoms with Crippen LogP contribution in [0.3, 0.4) is 0 Å². The highest BCUT2D eigenvalue weighted by Gasteiger charge is 2.14. The Labute approximate surface area is 103 Å². The molecule has 0 unspecified atom stereocenters. The highest BCUT2D eigenvalue weighted by atomic mass is 79.9. The van der Waals surface area contributed by atoms with Crippen molar-refractivity contribution in [3.05, 3.63) is 22.6 Å². The summed E-state index contributed by atoms with van der Waals surface area (Å²) in [5.41, 5.74) is 0. The van der Waals surface area contributed by atoms with Crippen molar-refractivity contribution in [1.29, 1.82) is 0 Å². The van der Waals surface area contributed by atoms with Crippen LogP contribution in [0, 0.1) is 11.7 Å². The first-order valence-corrected chi connectivity index (χ1v) is 6.17. The van der Waals surface area contributed by atoms with Crippen LogP contribution in [0.2, 0.25) is 0 Å². The number of pyridine rings is 1. The summed E-state index contributed by atoms with van der Waals surface area (Å²) in [5.74, 6) is 0.565. The molecule has 88 valence electrons. The molecular weight excluding hydrogens is 275 g/mol. The smallest absolute Gasteiger partial charge is 0.166 e. The molecule has 1 aromatic heterocycles. The SMILES string of the molecule is Fc1cc(Br)cnc1NCC1CCOCC1. The zero-order valence-electron chi connectivity index (χ0n) is 8.88. The molecule has 1 aromatic rings. The summed E-state index contributed by atoms with van der Waals surface area (Å²) in [4.78, 5) is 4.00. The van der Waals surface area contributed by atoms with Crippen molar-refractivity contribution in [2.45, 2.75) is 12.8 Å². The molecule has 2 heterocycles. The van der Waals surface area contributed by atoms with Gasteiger partial charge >= 0.3 is 0 Å². The van der Waals surface area contributed by atoms with Crippen molar-refractivity contribution in [2.75, 3.05) is 25.1 Å². The molecule has 1 aliphatic heterocycles. The highest BCUT2D eigenvalue weighted by Crippen LogP contribution is 2.19. The molecule has 16 heavy (non-hydrogen) atoms. The summed E-state index contributed by atoms with van der Waals surface area (Å²) in [6.07, 6.45) is 3.66. The van der Waals surface area contributed by atoms with E-state index in [1.807, 2.05) is 0 Å². The van der Waals surface area contributed by atoms with Gasteiger partial charge in [-0.1, -0.05) is 0 Å². The minimum absolute atomic E-state index is 0.318. The molecule has 1 fully saturated rings. The van der Waals surface area contributed by atoms with Gasteiger partial charge in [-0.3, -0.25) is 0 Å². The van der Waals surface area contributed by atoms with E-state index in [0.29, 0.717) is 16.2 Å². The maximum absolute atomic E-state index is 13.4. The quantitative estimate of drug-likeness (QED) is 0.929. The fourth-order valence-electron chi connectivity index (χ4n) is 1.74.